The first kappa shape index (κ1) is 68.9. The molecule has 1 unspecified atom stereocenters. The predicted octanol–water partition coefficient (Wildman–Crippen LogP) is -3.41. The number of nitrogens with two attached hydrogens (primary N) is 3. The summed E-state index contributed by atoms with van der Waals surface area (Å²) < 4.78 is 0. The van der Waals surface area contributed by atoms with Crippen molar-refractivity contribution in [3.05, 3.63) is 102 Å². The number of carbonyl (C=O) groups excluding carboxylic acids is 11. The van der Waals surface area contributed by atoms with Gasteiger partial charge in [-0.25, -0.2) is 10.2 Å². The Labute approximate surface area is 507 Å². The normalized spacial score (nSPS) is 16.6. The van der Waals surface area contributed by atoms with Gasteiger partial charge in [0.15, 0.2) is 5.96 Å². The second kappa shape index (κ2) is 33.2. The number of hydrazine groups is 1. The highest BCUT2D eigenvalue weighted by Gasteiger charge is 2.43. The Morgan fingerprint density at radius 2 is 1.28 bits per heavy atom. The summed E-state index contributed by atoms with van der Waals surface area (Å²) in [5, 5.41) is 52.5. The smallest absolute Gasteiger partial charge is 0.334 e. The Balaban J connectivity index is 1.28. The lowest BCUT2D eigenvalue weighted by atomic mass is 10.0. The summed E-state index contributed by atoms with van der Waals surface area (Å²) >= 11 is 0. The molecule has 20 N–H and O–H groups in total. The van der Waals surface area contributed by atoms with Crippen LogP contribution in [0.1, 0.15) is 76.5 Å². The molecule has 1 aliphatic heterocycles. The van der Waals surface area contributed by atoms with Crippen LogP contribution in [-0.2, 0) is 67.2 Å². The Bertz CT molecular complexity index is 3140. The number of aromatic amines is 1. The molecule has 3 aromatic carbocycles. The van der Waals surface area contributed by atoms with Gasteiger partial charge in [-0.1, -0.05) is 74.5 Å². The molecule has 0 bridgehead atoms. The molecule has 30 heteroatoms. The Morgan fingerprint density at radius 1 is 0.670 bits per heavy atom. The van der Waals surface area contributed by atoms with E-state index < -0.39 is 132 Å². The minimum Gasteiger partial charge on any atom is -0.508 e. The Morgan fingerprint density at radius 3 is 1.92 bits per heavy atom. The summed E-state index contributed by atoms with van der Waals surface area (Å²) in [6, 6.07) is 8.44. The van der Waals surface area contributed by atoms with E-state index in [1.807, 2.05) is 24.3 Å². The maximum atomic E-state index is 14.1. The van der Waals surface area contributed by atoms with E-state index in [0.29, 0.717) is 16.7 Å². The molecular weight excluding hydrogens is 1140 g/mol. The third-order valence-electron chi connectivity index (χ3n) is 14.2. The van der Waals surface area contributed by atoms with Crippen LogP contribution >= 0.6 is 0 Å². The molecule has 12 amide bonds. The number of β-amino-alcohol motifs (C(OH)–C–C–N with tert-alkyl or cyclic N) is 1. The van der Waals surface area contributed by atoms with Crippen molar-refractivity contribution in [1.82, 2.24) is 63.3 Å². The molecule has 30 nitrogen and oxygen atoms in total. The van der Waals surface area contributed by atoms with Crippen molar-refractivity contribution in [3.63, 3.8) is 0 Å². The van der Waals surface area contributed by atoms with Crippen molar-refractivity contribution >= 4 is 82.0 Å². The number of nitrogens with one attached hydrogen (secondary N) is 11. The van der Waals surface area contributed by atoms with Gasteiger partial charge in [0.2, 0.25) is 53.2 Å². The molecule has 1 aromatic heterocycles. The number of primary amides is 2. The number of carbonyl (C=O) groups is 11. The summed E-state index contributed by atoms with van der Waals surface area (Å²) in [7, 11) is 1.48. The number of urea groups is 1. The van der Waals surface area contributed by atoms with Crippen molar-refractivity contribution in [2.24, 2.45) is 28.1 Å². The molecule has 0 aliphatic carbocycles. The summed E-state index contributed by atoms with van der Waals surface area (Å²) in [5.74, 6) is -9.47. The molecule has 5 rings (SSSR count). The van der Waals surface area contributed by atoms with Gasteiger partial charge in [0.05, 0.1) is 18.6 Å². The minimum atomic E-state index is -1.89. The lowest BCUT2D eigenvalue weighted by molar-refractivity contribution is -0.142. The van der Waals surface area contributed by atoms with Crippen LogP contribution in [0.4, 0.5) is 4.79 Å². The van der Waals surface area contributed by atoms with Crippen molar-refractivity contribution < 1.29 is 68.1 Å². The van der Waals surface area contributed by atoms with E-state index in [0.717, 1.165) is 22.7 Å². The quantitative estimate of drug-likeness (QED) is 0.0105. The van der Waals surface area contributed by atoms with Crippen LogP contribution in [0.25, 0.3) is 10.9 Å². The number of rotatable bonds is 30. The van der Waals surface area contributed by atoms with Gasteiger partial charge in [-0.2, -0.15) is 0 Å². The number of aliphatic imine (C=N–C) groups is 1. The number of benzene rings is 3. The van der Waals surface area contributed by atoms with Gasteiger partial charge in [-0.05, 0) is 67.0 Å². The van der Waals surface area contributed by atoms with Gasteiger partial charge in [-0.15, -0.1) is 0 Å². The van der Waals surface area contributed by atoms with Gasteiger partial charge in [0.25, 0.3) is 5.91 Å². The number of phenolic OH excluding ortho intramolecular Hbond substituents is 1. The van der Waals surface area contributed by atoms with Crippen LogP contribution in [-0.4, -0.2) is 177 Å². The predicted molar refractivity (Wildman–Crippen MR) is 320 cm³/mol. The van der Waals surface area contributed by atoms with Crippen LogP contribution < -0.4 is 70.6 Å². The SMILES string of the molecule is CN=C(N)NCCC[C@H](NC(=O)[C@H](CC(C)C)NC(=O)NNC(=O)[C@H](Cc1ccccc1)NC(=O)[C@@H](NC(=O)[C@H](CC(N)=O)NC(=O)[C@@H]1CC(O)CN1C(=O)[C@@H](Cc1ccc(O)cc1)NC(C)=O)[C@@H](C)O)C(=O)N[C@@H](Cc1c[nH]c2ccccc12)C(N)=O. The number of H-pyrrole nitrogens is 1. The zero-order valence-corrected chi connectivity index (χ0v) is 49.5. The first-order valence-corrected chi connectivity index (χ1v) is 28.5. The average molecular weight is 1230 g/mol. The summed E-state index contributed by atoms with van der Waals surface area (Å²) in [6.07, 6.45) is -2.45. The number of aromatic hydroxyl groups is 1. The van der Waals surface area contributed by atoms with Gasteiger partial charge >= 0.3 is 6.03 Å². The lowest BCUT2D eigenvalue weighted by Gasteiger charge is -2.30. The van der Waals surface area contributed by atoms with Crippen LogP contribution in [0.15, 0.2) is 90.1 Å². The molecule has 10 atom stereocenters. The van der Waals surface area contributed by atoms with E-state index in [1.54, 1.807) is 50.4 Å². The fourth-order valence-corrected chi connectivity index (χ4v) is 9.74. The monoisotopic (exact) mass is 1220 g/mol. The average Bonchev–Trinajstić information content (AvgIpc) is 2.76. The first-order chi connectivity index (χ1) is 41.7. The number of aromatic nitrogens is 1. The van der Waals surface area contributed by atoms with Gasteiger partial charge in [0, 0.05) is 69.8 Å². The lowest BCUT2D eigenvalue weighted by Crippen LogP contribution is -2.62. The zero-order valence-electron chi connectivity index (χ0n) is 49.5. The van der Waals surface area contributed by atoms with Crippen LogP contribution in [0.5, 0.6) is 5.75 Å². The largest absolute Gasteiger partial charge is 0.508 e. The summed E-state index contributed by atoms with van der Waals surface area (Å²) in [5.41, 5.74) is 23.9. The number of hydrogen-bond donors (Lipinski definition) is 17. The molecule has 4 aromatic rings. The number of likely N-dealkylation sites (tertiary alicyclic amines) is 1. The zero-order chi connectivity index (χ0) is 64.8. The van der Waals surface area contributed by atoms with E-state index in [9.17, 15) is 68.1 Å². The second-order valence-electron chi connectivity index (χ2n) is 21.8. The molecule has 0 spiro atoms. The molecule has 0 radical (unpaired) electrons. The number of aliphatic hydroxyl groups excluding tert-OH is 2. The highest BCUT2D eigenvalue weighted by Crippen LogP contribution is 2.23. The highest BCUT2D eigenvalue weighted by atomic mass is 16.3. The third kappa shape index (κ3) is 21.3. The van der Waals surface area contributed by atoms with Crippen LogP contribution in [0.2, 0.25) is 0 Å². The van der Waals surface area contributed by atoms with Crippen molar-refractivity contribution in [1.29, 1.82) is 0 Å². The van der Waals surface area contributed by atoms with Gasteiger partial charge in [0.1, 0.15) is 54.1 Å². The van der Waals surface area contributed by atoms with Crippen molar-refractivity contribution in [3.8, 4) is 5.75 Å². The molecule has 1 fully saturated rings. The maximum Gasteiger partial charge on any atom is 0.334 e. The molecule has 1 saturated heterocycles. The number of phenols is 1. The van der Waals surface area contributed by atoms with Crippen LogP contribution in [0, 0.1) is 5.92 Å². The molecular formula is C58H80N16O14. The highest BCUT2D eigenvalue weighted by molar-refractivity contribution is 5.99. The van der Waals surface area contributed by atoms with Crippen molar-refractivity contribution in [2.75, 3.05) is 20.1 Å². The number of guanidine groups is 1. The van der Waals surface area contributed by atoms with E-state index in [1.165, 1.54) is 38.2 Å². The van der Waals surface area contributed by atoms with E-state index >= 15 is 0 Å². The standard InChI is InChI=1S/C58H80N16O14/c1-30(2)22-42(51(82)66-40(16-11-21-63-57(61)62-5)50(81)67-41(49(60)80)25-35-28-64-39-15-10-9-14-38(35)39)70-58(88)73-72-53(84)43(23-33-12-7-6-8-13-33)69-55(86)48(31(3)75)71-52(83)44(27-47(59)79)68-54(85)46-26-37(78)29-74(46)56(87)45(65-32(4)76)24-34-17-19-36(77)20-18-34/h6-10,12-15,17-20,28,30-31,37,40-46,48,64,75,77-78H,11,16,21-27,29H2,1-5H3,(H2,59,79)(H2,60,80)(H,65,76)(H,66,82)(H,67,81)(H,68,85)(H,69,86)(H,71,83)(H,72,84)(H3,61,62,63)(H2,70,73,88)/t31-,37?,40+,41+,42+,43+,44+,45-,46+,48+/m1/s1. The molecule has 0 saturated carbocycles. The number of hydrogen-bond acceptors (Lipinski definition) is 15. The second-order valence-corrected chi connectivity index (χ2v) is 21.8. The van der Waals surface area contributed by atoms with E-state index in [-0.39, 0.29) is 75.7 Å². The van der Waals surface area contributed by atoms with Crippen LogP contribution in [0.3, 0.4) is 0 Å². The number of aliphatic hydroxyl groups is 2. The number of amides is 12. The van der Waals surface area contributed by atoms with Gasteiger partial charge in [-0.3, -0.25) is 58.4 Å². The number of fused-ring (bicyclic) bond motifs is 1. The van der Waals surface area contributed by atoms with Crippen molar-refractivity contribution in [2.45, 2.75) is 140 Å². The Kier molecular flexibility index (Phi) is 26.0. The fraction of sp³-hybridized carbons (Fsp3) is 0.448. The fourth-order valence-electron chi connectivity index (χ4n) is 9.74. The topological polar surface area (TPSA) is 478 Å². The maximum absolute atomic E-state index is 14.1. The van der Waals surface area contributed by atoms with E-state index in [2.05, 4.69) is 63.4 Å². The van der Waals surface area contributed by atoms with E-state index in [4.69, 9.17) is 17.2 Å². The molecule has 1 aliphatic rings. The first-order valence-electron chi connectivity index (χ1n) is 28.5. The Hall–Kier alpha value is -9.84. The minimum absolute atomic E-state index is 0.0122. The molecule has 88 heavy (non-hydrogen) atoms. The molecule has 2 heterocycles. The third-order valence-corrected chi connectivity index (χ3v) is 14.2. The summed E-state index contributed by atoms with van der Waals surface area (Å²) in [6.45, 7) is 5.70. The number of nitrogens with zero attached hydrogens (tertiary/aromatic N) is 2. The molecule has 476 valence electrons. The van der Waals surface area contributed by atoms with Gasteiger partial charge < -0.3 is 84.9 Å². The number of para-hydroxylation sites is 1. The summed E-state index contributed by atoms with van der Waals surface area (Å²) in [4.78, 5) is 157.